The lowest BCUT2D eigenvalue weighted by Crippen LogP contribution is -2.51. The van der Waals surface area contributed by atoms with Crippen molar-refractivity contribution >= 4 is 5.91 Å². The van der Waals surface area contributed by atoms with E-state index in [0.29, 0.717) is 26.2 Å². The molecule has 2 rings (SSSR count). The molecule has 1 fully saturated rings. The third-order valence-corrected chi connectivity index (χ3v) is 3.51. The molecular formula is C14H17FN4O. The molecule has 0 saturated carbocycles. The smallest absolute Gasteiger partial charge is 0.272 e. The highest BCUT2D eigenvalue weighted by molar-refractivity contribution is 5.92. The molecule has 5 nitrogen and oxygen atoms in total. The minimum absolute atomic E-state index is 0.0976. The van der Waals surface area contributed by atoms with Gasteiger partial charge in [-0.15, -0.1) is 0 Å². The molecule has 1 amide bonds. The summed E-state index contributed by atoms with van der Waals surface area (Å²) in [6.45, 7) is 4.37. The Kier molecular flexibility index (Phi) is 4.64. The van der Waals surface area contributed by atoms with Crippen molar-refractivity contribution in [3.8, 4) is 6.07 Å². The van der Waals surface area contributed by atoms with Gasteiger partial charge in [0.1, 0.15) is 5.69 Å². The molecule has 1 aromatic heterocycles. The van der Waals surface area contributed by atoms with Gasteiger partial charge in [-0.05, 0) is 18.6 Å². The number of pyridine rings is 1. The first-order valence-electron chi connectivity index (χ1n) is 6.71. The molecule has 1 aromatic rings. The van der Waals surface area contributed by atoms with Crippen LogP contribution in [-0.2, 0) is 0 Å². The van der Waals surface area contributed by atoms with Gasteiger partial charge < -0.3 is 4.90 Å². The van der Waals surface area contributed by atoms with E-state index >= 15 is 0 Å². The van der Waals surface area contributed by atoms with Gasteiger partial charge in [0.25, 0.3) is 5.91 Å². The second-order valence-electron chi connectivity index (χ2n) is 4.73. The Labute approximate surface area is 117 Å². The van der Waals surface area contributed by atoms with Crippen LogP contribution in [0.2, 0.25) is 0 Å². The SMILES string of the molecule is CCC(C#N)N1CCN(C(=O)c2cccc(F)n2)CC1. The maximum atomic E-state index is 13.0. The van der Waals surface area contributed by atoms with Gasteiger partial charge in [0.2, 0.25) is 5.95 Å². The van der Waals surface area contributed by atoms with E-state index in [-0.39, 0.29) is 17.6 Å². The first-order chi connectivity index (χ1) is 9.65. The number of aromatic nitrogens is 1. The molecule has 20 heavy (non-hydrogen) atoms. The molecule has 0 spiro atoms. The number of hydrogen-bond acceptors (Lipinski definition) is 4. The Morgan fingerprint density at radius 2 is 2.15 bits per heavy atom. The first-order valence-corrected chi connectivity index (χ1v) is 6.71. The van der Waals surface area contributed by atoms with Crippen LogP contribution in [0.5, 0.6) is 0 Å². The number of nitrogens with zero attached hydrogens (tertiary/aromatic N) is 4. The molecule has 0 radical (unpaired) electrons. The van der Waals surface area contributed by atoms with Gasteiger partial charge in [-0.2, -0.15) is 9.65 Å². The third kappa shape index (κ3) is 3.11. The Bertz CT molecular complexity index is 520. The van der Waals surface area contributed by atoms with Crippen molar-refractivity contribution < 1.29 is 9.18 Å². The van der Waals surface area contributed by atoms with Gasteiger partial charge in [0, 0.05) is 26.2 Å². The van der Waals surface area contributed by atoms with Crippen LogP contribution >= 0.6 is 0 Å². The Morgan fingerprint density at radius 3 is 2.70 bits per heavy atom. The minimum atomic E-state index is -0.648. The van der Waals surface area contributed by atoms with Crippen LogP contribution in [0, 0.1) is 17.3 Å². The van der Waals surface area contributed by atoms with Crippen molar-refractivity contribution in [3.05, 3.63) is 29.8 Å². The second-order valence-corrected chi connectivity index (χ2v) is 4.73. The zero-order chi connectivity index (χ0) is 14.5. The zero-order valence-electron chi connectivity index (χ0n) is 11.4. The van der Waals surface area contributed by atoms with Crippen molar-refractivity contribution in [1.29, 1.82) is 5.26 Å². The lowest BCUT2D eigenvalue weighted by molar-refractivity contribution is 0.0598. The summed E-state index contributed by atoms with van der Waals surface area (Å²) in [6, 6.07) is 6.38. The molecule has 6 heteroatoms. The molecule has 1 atom stereocenters. The van der Waals surface area contributed by atoms with Crippen molar-refractivity contribution in [2.24, 2.45) is 0 Å². The van der Waals surface area contributed by atoms with Crippen LogP contribution in [0.3, 0.4) is 0 Å². The fourth-order valence-corrected chi connectivity index (χ4v) is 2.36. The average molecular weight is 276 g/mol. The van der Waals surface area contributed by atoms with Gasteiger partial charge in [0.05, 0.1) is 12.1 Å². The summed E-state index contributed by atoms with van der Waals surface area (Å²) in [6.07, 6.45) is 0.774. The van der Waals surface area contributed by atoms with E-state index in [1.54, 1.807) is 4.90 Å². The minimum Gasteiger partial charge on any atom is -0.335 e. The molecule has 1 saturated heterocycles. The summed E-state index contributed by atoms with van der Waals surface area (Å²) in [4.78, 5) is 19.5. The van der Waals surface area contributed by atoms with E-state index in [0.717, 1.165) is 6.42 Å². The average Bonchev–Trinajstić information content (AvgIpc) is 2.48. The maximum absolute atomic E-state index is 13.0. The van der Waals surface area contributed by atoms with E-state index < -0.39 is 5.95 Å². The summed E-state index contributed by atoms with van der Waals surface area (Å²) >= 11 is 0. The summed E-state index contributed by atoms with van der Waals surface area (Å²) in [7, 11) is 0. The van der Waals surface area contributed by atoms with Crippen molar-refractivity contribution in [1.82, 2.24) is 14.8 Å². The highest BCUT2D eigenvalue weighted by Gasteiger charge is 2.26. The summed E-state index contributed by atoms with van der Waals surface area (Å²) < 4.78 is 13.0. The molecule has 106 valence electrons. The highest BCUT2D eigenvalue weighted by atomic mass is 19.1. The summed E-state index contributed by atoms with van der Waals surface area (Å²) in [5, 5.41) is 9.04. The van der Waals surface area contributed by atoms with Crippen molar-refractivity contribution in [2.45, 2.75) is 19.4 Å². The van der Waals surface area contributed by atoms with Crippen LogP contribution in [0.1, 0.15) is 23.8 Å². The summed E-state index contributed by atoms with van der Waals surface area (Å²) in [5.41, 5.74) is 0.130. The van der Waals surface area contributed by atoms with E-state index in [4.69, 9.17) is 5.26 Å². The first kappa shape index (κ1) is 14.4. The third-order valence-electron chi connectivity index (χ3n) is 3.51. The number of piperazine rings is 1. The van der Waals surface area contributed by atoms with E-state index in [2.05, 4.69) is 16.0 Å². The van der Waals surface area contributed by atoms with Gasteiger partial charge in [-0.3, -0.25) is 9.69 Å². The number of carbonyl (C=O) groups excluding carboxylic acids is 1. The number of halogens is 1. The number of amides is 1. The fraction of sp³-hybridized carbons (Fsp3) is 0.500. The molecule has 0 N–H and O–H groups in total. The molecule has 1 aliphatic heterocycles. The molecule has 0 aliphatic carbocycles. The molecular weight excluding hydrogens is 259 g/mol. The van der Waals surface area contributed by atoms with Crippen LogP contribution < -0.4 is 0 Å². The molecule has 1 aliphatic rings. The van der Waals surface area contributed by atoms with Crippen LogP contribution in [0.15, 0.2) is 18.2 Å². The number of rotatable bonds is 3. The van der Waals surface area contributed by atoms with Crippen molar-refractivity contribution in [3.63, 3.8) is 0 Å². The van der Waals surface area contributed by atoms with E-state index in [1.807, 2.05) is 6.92 Å². The fourth-order valence-electron chi connectivity index (χ4n) is 2.36. The highest BCUT2D eigenvalue weighted by Crippen LogP contribution is 2.11. The number of carbonyl (C=O) groups is 1. The largest absolute Gasteiger partial charge is 0.335 e. The standard InChI is InChI=1S/C14H17FN4O/c1-2-11(10-16)18-6-8-19(9-7-18)14(20)12-4-3-5-13(15)17-12/h3-5,11H,2,6-9H2,1H3. The quantitative estimate of drug-likeness (QED) is 0.780. The van der Waals surface area contributed by atoms with Gasteiger partial charge in [-0.1, -0.05) is 13.0 Å². The van der Waals surface area contributed by atoms with Crippen LogP contribution in [0.4, 0.5) is 4.39 Å². The zero-order valence-corrected chi connectivity index (χ0v) is 11.4. The van der Waals surface area contributed by atoms with Crippen LogP contribution in [0.25, 0.3) is 0 Å². The molecule has 1 unspecified atom stereocenters. The van der Waals surface area contributed by atoms with E-state index in [9.17, 15) is 9.18 Å². The lowest BCUT2D eigenvalue weighted by Gasteiger charge is -2.36. The second kappa shape index (κ2) is 6.44. The van der Waals surface area contributed by atoms with Gasteiger partial charge in [0.15, 0.2) is 0 Å². The normalized spacial score (nSPS) is 17.6. The molecule has 0 aromatic carbocycles. The monoisotopic (exact) mass is 276 g/mol. The van der Waals surface area contributed by atoms with Gasteiger partial charge >= 0.3 is 0 Å². The Balaban J connectivity index is 1.97. The molecule has 2 heterocycles. The predicted octanol–water partition coefficient (Wildman–Crippen LogP) is 1.28. The van der Waals surface area contributed by atoms with E-state index in [1.165, 1.54) is 18.2 Å². The number of hydrogen-bond donors (Lipinski definition) is 0. The number of nitriles is 1. The summed E-state index contributed by atoms with van der Waals surface area (Å²) in [5.74, 6) is -0.904. The Hall–Kier alpha value is -2.00. The topological polar surface area (TPSA) is 60.2 Å². The van der Waals surface area contributed by atoms with Gasteiger partial charge in [-0.25, -0.2) is 4.98 Å². The lowest BCUT2D eigenvalue weighted by atomic mass is 10.1. The van der Waals surface area contributed by atoms with Crippen LogP contribution in [-0.4, -0.2) is 52.9 Å². The maximum Gasteiger partial charge on any atom is 0.272 e. The Morgan fingerprint density at radius 1 is 1.45 bits per heavy atom. The predicted molar refractivity (Wildman–Crippen MR) is 71.4 cm³/mol. The molecule has 0 bridgehead atoms. The van der Waals surface area contributed by atoms with Crippen molar-refractivity contribution in [2.75, 3.05) is 26.2 Å².